The van der Waals surface area contributed by atoms with Gasteiger partial charge in [-0.2, -0.15) is 0 Å². The Balaban J connectivity index is 1.23. The number of amides is 2. The molecule has 0 atom stereocenters. The summed E-state index contributed by atoms with van der Waals surface area (Å²) in [6.45, 7) is 0.185. The minimum Gasteiger partial charge on any atom is -0.504 e. The standard InChI is InChI=1S/C22H31BrN4O5S/c23-16-10-17(27-3-1-2-4-33(27,31)32)25-20(21(16)29)22(30)24-11-18(28)26-19-14-6-12-5-13(8-14)9-15(19)7-12/h10,12-15,19,29,31-32H,1-9,11H2,(H,24,30)(H,26,28). The molecule has 9 nitrogen and oxygen atoms in total. The van der Waals surface area contributed by atoms with Crippen molar-refractivity contribution < 1.29 is 23.8 Å². The number of hydrogen-bond donors (Lipinski definition) is 5. The summed E-state index contributed by atoms with van der Waals surface area (Å²) in [4.78, 5) is 29.6. The lowest BCUT2D eigenvalue weighted by atomic mass is 9.54. The first-order valence-corrected chi connectivity index (χ1v) is 14.2. The highest BCUT2D eigenvalue weighted by Gasteiger charge is 2.48. The van der Waals surface area contributed by atoms with Gasteiger partial charge < -0.3 is 15.7 Å². The highest BCUT2D eigenvalue weighted by Crippen LogP contribution is 2.53. The molecule has 6 rings (SSSR count). The molecule has 5 aliphatic rings. The van der Waals surface area contributed by atoms with Gasteiger partial charge in [-0.3, -0.25) is 23.0 Å². The van der Waals surface area contributed by atoms with Crippen LogP contribution in [-0.2, 0) is 4.79 Å². The fourth-order valence-corrected chi connectivity index (χ4v) is 8.51. The van der Waals surface area contributed by atoms with Gasteiger partial charge in [0, 0.05) is 18.7 Å². The fraction of sp³-hybridized carbons (Fsp3) is 0.682. The second-order valence-corrected chi connectivity index (χ2v) is 13.0. The molecule has 11 heteroatoms. The van der Waals surface area contributed by atoms with E-state index in [4.69, 9.17) is 0 Å². The Morgan fingerprint density at radius 1 is 1.12 bits per heavy atom. The highest BCUT2D eigenvalue weighted by molar-refractivity contribution is 9.10. The summed E-state index contributed by atoms with van der Waals surface area (Å²) in [6, 6.07) is 1.65. The molecular formula is C22H31BrN4O5S. The van der Waals surface area contributed by atoms with Gasteiger partial charge in [0.1, 0.15) is 5.82 Å². The molecule has 0 spiro atoms. The normalized spacial score (nSPS) is 32.9. The van der Waals surface area contributed by atoms with E-state index in [0.29, 0.717) is 24.8 Å². The molecule has 0 radical (unpaired) electrons. The van der Waals surface area contributed by atoms with Crippen LogP contribution in [0.4, 0.5) is 5.82 Å². The highest BCUT2D eigenvalue weighted by atomic mass is 79.9. The number of halogens is 1. The van der Waals surface area contributed by atoms with Crippen LogP contribution in [0.1, 0.15) is 55.4 Å². The van der Waals surface area contributed by atoms with Gasteiger partial charge in [-0.15, -0.1) is 10.8 Å². The number of anilines is 1. The third-order valence-corrected chi connectivity index (χ3v) is 10.3. The maximum Gasteiger partial charge on any atom is 0.274 e. The van der Waals surface area contributed by atoms with Gasteiger partial charge in [-0.05, 0) is 84.5 Å². The molecule has 0 unspecified atom stereocenters. The van der Waals surface area contributed by atoms with Gasteiger partial charge in [0.05, 0.1) is 16.8 Å². The number of pyridine rings is 1. The lowest BCUT2D eigenvalue weighted by Gasteiger charge is -2.54. The molecule has 2 amide bonds. The maximum atomic E-state index is 12.8. The smallest absolute Gasteiger partial charge is 0.274 e. The minimum atomic E-state index is -3.03. The van der Waals surface area contributed by atoms with E-state index in [1.165, 1.54) is 42.5 Å². The van der Waals surface area contributed by atoms with Gasteiger partial charge in [0.25, 0.3) is 5.91 Å². The molecule has 4 saturated carbocycles. The average molecular weight is 543 g/mol. The van der Waals surface area contributed by atoms with Gasteiger partial charge >= 0.3 is 0 Å². The zero-order valence-electron chi connectivity index (χ0n) is 18.4. The van der Waals surface area contributed by atoms with Crippen molar-refractivity contribution in [1.82, 2.24) is 15.6 Å². The number of carbonyl (C=O) groups is 2. The minimum absolute atomic E-state index is 0.190. The van der Waals surface area contributed by atoms with Gasteiger partial charge in [0.15, 0.2) is 11.4 Å². The number of aromatic nitrogens is 1. The second kappa shape index (κ2) is 8.90. The molecule has 4 bridgehead atoms. The van der Waals surface area contributed by atoms with Crippen molar-refractivity contribution in [1.29, 1.82) is 0 Å². The number of hydrogen-bond acceptors (Lipinski definition) is 7. The Labute approximate surface area is 203 Å². The molecule has 0 aromatic carbocycles. The lowest BCUT2D eigenvalue weighted by molar-refractivity contribution is -0.124. The molecule has 4 aliphatic carbocycles. The molecular weight excluding hydrogens is 512 g/mol. The summed E-state index contributed by atoms with van der Waals surface area (Å²) in [7, 11) is -3.03. The zero-order chi connectivity index (χ0) is 23.3. The van der Waals surface area contributed by atoms with Crippen LogP contribution in [0, 0.1) is 23.7 Å². The van der Waals surface area contributed by atoms with Crippen molar-refractivity contribution >= 4 is 44.3 Å². The predicted molar refractivity (Wildman–Crippen MR) is 129 cm³/mol. The Morgan fingerprint density at radius 2 is 1.79 bits per heavy atom. The third-order valence-electron chi connectivity index (χ3n) is 7.75. The molecule has 1 aromatic rings. The van der Waals surface area contributed by atoms with E-state index >= 15 is 0 Å². The van der Waals surface area contributed by atoms with E-state index in [1.54, 1.807) is 0 Å². The van der Waals surface area contributed by atoms with Crippen LogP contribution in [0.5, 0.6) is 5.75 Å². The summed E-state index contributed by atoms with van der Waals surface area (Å²) >= 11 is 3.22. The van der Waals surface area contributed by atoms with Gasteiger partial charge in [0.2, 0.25) is 5.91 Å². The van der Waals surface area contributed by atoms with E-state index < -0.39 is 16.7 Å². The van der Waals surface area contributed by atoms with Crippen LogP contribution in [0.3, 0.4) is 0 Å². The topological polar surface area (TPSA) is 135 Å². The first-order chi connectivity index (χ1) is 15.7. The van der Waals surface area contributed by atoms with E-state index in [9.17, 15) is 23.8 Å². The maximum absolute atomic E-state index is 12.8. The van der Waals surface area contributed by atoms with Crippen molar-refractivity contribution in [2.45, 2.75) is 51.0 Å². The van der Waals surface area contributed by atoms with Crippen LogP contribution in [0.15, 0.2) is 10.5 Å². The summed E-state index contributed by atoms with van der Waals surface area (Å²) in [5.41, 5.74) is -0.262. The van der Waals surface area contributed by atoms with Gasteiger partial charge in [-0.1, -0.05) is 0 Å². The van der Waals surface area contributed by atoms with Crippen LogP contribution >= 0.6 is 26.7 Å². The Bertz CT molecular complexity index is 933. The van der Waals surface area contributed by atoms with E-state index in [-0.39, 0.29) is 46.0 Å². The predicted octanol–water partition coefficient (Wildman–Crippen LogP) is 3.49. The number of rotatable bonds is 5. The summed E-state index contributed by atoms with van der Waals surface area (Å²) in [5.74, 6) is 1.88. The van der Waals surface area contributed by atoms with Crippen LogP contribution in [-0.4, -0.2) is 55.9 Å². The fourth-order valence-electron chi connectivity index (χ4n) is 6.49. The Kier molecular flexibility index (Phi) is 6.26. The van der Waals surface area contributed by atoms with Crippen LogP contribution in [0.2, 0.25) is 0 Å². The zero-order valence-corrected chi connectivity index (χ0v) is 20.8. The Hall–Kier alpha value is -1.56. The Morgan fingerprint density at radius 3 is 2.42 bits per heavy atom. The molecule has 33 heavy (non-hydrogen) atoms. The van der Waals surface area contributed by atoms with Crippen molar-refractivity contribution in [2.75, 3.05) is 23.1 Å². The van der Waals surface area contributed by atoms with E-state index in [1.807, 2.05) is 0 Å². The number of aromatic hydroxyl groups is 1. The number of nitrogens with one attached hydrogen (secondary N) is 2. The summed E-state index contributed by atoms with van der Waals surface area (Å²) < 4.78 is 22.4. The molecule has 2 heterocycles. The first kappa shape index (κ1) is 23.2. The van der Waals surface area contributed by atoms with E-state index in [0.717, 1.165) is 18.3 Å². The third kappa shape index (κ3) is 4.56. The molecule has 1 saturated heterocycles. The summed E-state index contributed by atoms with van der Waals surface area (Å²) in [6.07, 6.45) is 7.59. The molecule has 1 aromatic heterocycles. The monoisotopic (exact) mass is 542 g/mol. The van der Waals surface area contributed by atoms with Crippen LogP contribution in [0.25, 0.3) is 0 Å². The van der Waals surface area contributed by atoms with Crippen molar-refractivity contribution in [3.63, 3.8) is 0 Å². The van der Waals surface area contributed by atoms with Gasteiger partial charge in [-0.25, -0.2) is 4.98 Å². The molecule has 5 N–H and O–H groups in total. The van der Waals surface area contributed by atoms with E-state index in [2.05, 4.69) is 31.5 Å². The SMILES string of the molecule is O=C(CNC(=O)c1nc(N2CCCCS2(O)O)cc(Br)c1O)NC1C2CC3CC(C2)CC1C3. The second-order valence-electron chi connectivity index (χ2n) is 10.0. The van der Waals surface area contributed by atoms with Crippen molar-refractivity contribution in [2.24, 2.45) is 23.7 Å². The molecule has 182 valence electrons. The van der Waals surface area contributed by atoms with Crippen molar-refractivity contribution in [3.8, 4) is 5.75 Å². The molecule has 1 aliphatic heterocycles. The largest absolute Gasteiger partial charge is 0.504 e. The summed E-state index contributed by atoms with van der Waals surface area (Å²) in [5, 5.41) is 16.1. The number of carbonyl (C=O) groups excluding carboxylic acids is 2. The quantitative estimate of drug-likeness (QED) is 0.384. The molecule has 5 fully saturated rings. The first-order valence-electron chi connectivity index (χ1n) is 11.7. The van der Waals surface area contributed by atoms with Crippen LogP contribution < -0.4 is 14.9 Å². The van der Waals surface area contributed by atoms with Crippen molar-refractivity contribution in [3.05, 3.63) is 16.2 Å². The number of nitrogens with zero attached hydrogens (tertiary/aromatic N) is 2. The average Bonchev–Trinajstić information content (AvgIpc) is 2.75. The lowest BCUT2D eigenvalue weighted by Crippen LogP contribution is -2.57.